The molecule has 20 heavy (non-hydrogen) atoms. The summed E-state index contributed by atoms with van der Waals surface area (Å²) in [6.07, 6.45) is -3.11. The summed E-state index contributed by atoms with van der Waals surface area (Å²) in [7, 11) is 2.42. The third kappa shape index (κ3) is 3.58. The highest BCUT2D eigenvalue weighted by Crippen LogP contribution is 2.20. The number of methoxy groups -OCH3 is 2. The molecule has 1 aliphatic heterocycles. The van der Waals surface area contributed by atoms with Gasteiger partial charge in [0.05, 0.1) is 27.1 Å². The fourth-order valence-electron chi connectivity index (χ4n) is 1.80. The second-order valence-electron chi connectivity index (χ2n) is 4.15. The van der Waals surface area contributed by atoms with Crippen molar-refractivity contribution in [2.75, 3.05) is 27.3 Å². The first-order chi connectivity index (χ1) is 9.42. The van der Waals surface area contributed by atoms with E-state index in [-0.39, 0.29) is 25.9 Å². The van der Waals surface area contributed by atoms with E-state index in [4.69, 9.17) is 0 Å². The van der Waals surface area contributed by atoms with Gasteiger partial charge in [-0.05, 0) is 0 Å². The molecule has 0 radical (unpaired) electrons. The van der Waals surface area contributed by atoms with Gasteiger partial charge in [-0.15, -0.1) is 0 Å². The van der Waals surface area contributed by atoms with Gasteiger partial charge in [0, 0.05) is 13.1 Å². The number of carbonyl (C=O) groups excluding carboxylic acids is 3. The summed E-state index contributed by atoms with van der Waals surface area (Å²) < 4.78 is 8.86. The molecule has 0 aromatic carbocycles. The molecule has 9 nitrogen and oxygen atoms in total. The number of urea groups is 1. The Kier molecular flexibility index (Phi) is 5.71. The van der Waals surface area contributed by atoms with E-state index in [1.807, 2.05) is 0 Å². The van der Waals surface area contributed by atoms with Crippen molar-refractivity contribution < 1.29 is 34.1 Å². The molecule has 2 unspecified atom stereocenters. The monoisotopic (exact) mass is 290 g/mol. The molecular formula is C11H18N2O7. The minimum absolute atomic E-state index is 0.0849. The van der Waals surface area contributed by atoms with Crippen LogP contribution in [0.4, 0.5) is 4.79 Å². The number of aliphatic hydroxyl groups excluding tert-OH is 2. The van der Waals surface area contributed by atoms with E-state index in [0.717, 1.165) is 9.80 Å². The van der Waals surface area contributed by atoms with Crippen LogP contribution >= 0.6 is 0 Å². The summed E-state index contributed by atoms with van der Waals surface area (Å²) in [5.41, 5.74) is 0. The van der Waals surface area contributed by atoms with Crippen LogP contribution in [0.3, 0.4) is 0 Å². The van der Waals surface area contributed by atoms with Gasteiger partial charge in [0.2, 0.25) is 0 Å². The molecule has 0 aromatic heterocycles. The predicted molar refractivity (Wildman–Crippen MR) is 64.1 cm³/mol. The first kappa shape index (κ1) is 16.2. The fraction of sp³-hybridized carbons (Fsp3) is 0.727. The highest BCUT2D eigenvalue weighted by Gasteiger charge is 2.43. The Morgan fingerprint density at radius 1 is 1.00 bits per heavy atom. The number of rotatable bonds is 6. The van der Waals surface area contributed by atoms with Crippen molar-refractivity contribution in [3.8, 4) is 0 Å². The average Bonchev–Trinajstić information content (AvgIpc) is 2.65. The summed E-state index contributed by atoms with van der Waals surface area (Å²) in [5, 5.41) is 19.5. The number of aliphatic hydroxyl groups is 2. The second-order valence-corrected chi connectivity index (χ2v) is 4.15. The van der Waals surface area contributed by atoms with E-state index in [1.165, 1.54) is 14.2 Å². The molecule has 0 saturated carbocycles. The maximum atomic E-state index is 12.0. The molecule has 1 fully saturated rings. The summed E-state index contributed by atoms with van der Waals surface area (Å²) in [6, 6.07) is -0.655. The van der Waals surface area contributed by atoms with Gasteiger partial charge >= 0.3 is 18.0 Å². The normalized spacial score (nSPS) is 22.1. The molecule has 1 saturated heterocycles. The summed E-state index contributed by atoms with van der Waals surface area (Å²) in [6.45, 7) is -0.170. The zero-order chi connectivity index (χ0) is 15.3. The summed E-state index contributed by atoms with van der Waals surface area (Å²) >= 11 is 0. The van der Waals surface area contributed by atoms with Gasteiger partial charge in [0.25, 0.3) is 0 Å². The van der Waals surface area contributed by atoms with Crippen LogP contribution in [0.5, 0.6) is 0 Å². The van der Waals surface area contributed by atoms with E-state index in [1.54, 1.807) is 0 Å². The number of ether oxygens (including phenoxy) is 2. The van der Waals surface area contributed by atoms with Crippen LogP contribution in [-0.4, -0.2) is 77.7 Å². The molecule has 0 bridgehead atoms. The molecule has 9 heteroatoms. The van der Waals surface area contributed by atoms with Crippen LogP contribution in [0, 0.1) is 0 Å². The lowest BCUT2D eigenvalue weighted by Crippen LogP contribution is -2.38. The lowest BCUT2D eigenvalue weighted by Gasteiger charge is -2.18. The number of amides is 2. The first-order valence-corrected chi connectivity index (χ1v) is 5.99. The summed E-state index contributed by atoms with van der Waals surface area (Å²) in [4.78, 5) is 35.9. The lowest BCUT2D eigenvalue weighted by molar-refractivity contribution is -0.142. The van der Waals surface area contributed by atoms with Gasteiger partial charge in [0.1, 0.15) is 0 Å². The minimum atomic E-state index is -1.45. The molecule has 0 aliphatic carbocycles. The van der Waals surface area contributed by atoms with E-state index < -0.39 is 30.4 Å². The molecule has 2 atom stereocenters. The van der Waals surface area contributed by atoms with Crippen LogP contribution in [0.1, 0.15) is 12.8 Å². The second kappa shape index (κ2) is 7.06. The molecule has 2 N–H and O–H groups in total. The van der Waals surface area contributed by atoms with Crippen LogP contribution in [0.25, 0.3) is 0 Å². The van der Waals surface area contributed by atoms with Gasteiger partial charge in [0.15, 0.2) is 12.5 Å². The van der Waals surface area contributed by atoms with Crippen LogP contribution in [-0.2, 0) is 19.1 Å². The molecule has 1 rings (SSSR count). The molecule has 0 aromatic rings. The van der Waals surface area contributed by atoms with Crippen molar-refractivity contribution in [2.24, 2.45) is 0 Å². The van der Waals surface area contributed by atoms with E-state index in [9.17, 15) is 24.6 Å². The van der Waals surface area contributed by atoms with Gasteiger partial charge in [-0.2, -0.15) is 0 Å². The Hall–Kier alpha value is -1.87. The number of hydrogen-bond acceptors (Lipinski definition) is 7. The van der Waals surface area contributed by atoms with Crippen LogP contribution in [0.2, 0.25) is 0 Å². The van der Waals surface area contributed by atoms with Crippen molar-refractivity contribution in [1.82, 2.24) is 9.80 Å². The first-order valence-electron chi connectivity index (χ1n) is 5.99. The SMILES string of the molecule is COC(=O)CCN1C(=O)N(CCC(=O)OC)C(O)C1O. The van der Waals surface area contributed by atoms with Gasteiger partial charge in [-0.3, -0.25) is 19.4 Å². The maximum absolute atomic E-state index is 12.0. The molecule has 114 valence electrons. The number of nitrogens with zero attached hydrogens (tertiary/aromatic N) is 2. The van der Waals surface area contributed by atoms with Crippen molar-refractivity contribution >= 4 is 18.0 Å². The van der Waals surface area contributed by atoms with Gasteiger partial charge < -0.3 is 19.7 Å². The molecule has 0 spiro atoms. The number of esters is 2. The Morgan fingerprint density at radius 3 is 1.65 bits per heavy atom. The maximum Gasteiger partial charge on any atom is 0.324 e. The Balaban J connectivity index is 2.60. The van der Waals surface area contributed by atoms with Crippen LogP contribution in [0.15, 0.2) is 0 Å². The zero-order valence-electron chi connectivity index (χ0n) is 11.3. The molecular weight excluding hydrogens is 272 g/mol. The Morgan fingerprint density at radius 2 is 1.35 bits per heavy atom. The largest absolute Gasteiger partial charge is 0.469 e. The van der Waals surface area contributed by atoms with Crippen molar-refractivity contribution in [2.45, 2.75) is 25.3 Å². The highest BCUT2D eigenvalue weighted by atomic mass is 16.5. The predicted octanol–water partition coefficient (Wildman–Crippen LogP) is -1.51. The molecule has 1 aliphatic rings. The zero-order valence-corrected chi connectivity index (χ0v) is 11.3. The molecule has 1 heterocycles. The number of hydrogen-bond donors (Lipinski definition) is 2. The lowest BCUT2D eigenvalue weighted by atomic mass is 10.3. The Bertz CT molecular complexity index is 353. The standard InChI is InChI=1S/C11H18N2O7/c1-19-7(14)3-5-12-9(16)10(17)13(11(12)18)6-4-8(15)20-2/h9-10,16-17H,3-6H2,1-2H3. The fourth-order valence-corrected chi connectivity index (χ4v) is 1.80. The van der Waals surface area contributed by atoms with Gasteiger partial charge in [-0.1, -0.05) is 0 Å². The van der Waals surface area contributed by atoms with Crippen molar-refractivity contribution in [1.29, 1.82) is 0 Å². The number of carbonyl (C=O) groups is 3. The topological polar surface area (TPSA) is 117 Å². The van der Waals surface area contributed by atoms with E-state index in [2.05, 4.69) is 9.47 Å². The smallest absolute Gasteiger partial charge is 0.324 e. The third-order valence-corrected chi connectivity index (χ3v) is 2.97. The summed E-state index contributed by atoms with van der Waals surface area (Å²) in [5.74, 6) is -1.07. The average molecular weight is 290 g/mol. The van der Waals surface area contributed by atoms with Crippen LogP contribution < -0.4 is 0 Å². The van der Waals surface area contributed by atoms with Gasteiger partial charge in [-0.25, -0.2) is 4.79 Å². The Labute approximate surface area is 115 Å². The third-order valence-electron chi connectivity index (χ3n) is 2.97. The van der Waals surface area contributed by atoms with Crippen molar-refractivity contribution in [3.63, 3.8) is 0 Å². The van der Waals surface area contributed by atoms with E-state index >= 15 is 0 Å². The highest BCUT2D eigenvalue weighted by molar-refractivity contribution is 5.79. The molecule has 2 amide bonds. The van der Waals surface area contributed by atoms with E-state index in [0.29, 0.717) is 0 Å². The minimum Gasteiger partial charge on any atom is -0.469 e. The quantitative estimate of drug-likeness (QED) is 0.571. The van der Waals surface area contributed by atoms with Crippen molar-refractivity contribution in [3.05, 3.63) is 0 Å².